The summed E-state index contributed by atoms with van der Waals surface area (Å²) < 4.78 is 6.00. The number of aliphatic hydroxyl groups excluding tert-OH is 1. The van der Waals surface area contributed by atoms with Crippen LogP contribution in [0.15, 0.2) is 24.3 Å². The summed E-state index contributed by atoms with van der Waals surface area (Å²) >= 11 is 1.58. The van der Waals surface area contributed by atoms with E-state index in [1.807, 2.05) is 0 Å². The Hall–Kier alpha value is -2.03. The minimum atomic E-state index is -0.392. The van der Waals surface area contributed by atoms with Crippen LogP contribution in [0.25, 0.3) is 10.1 Å². The van der Waals surface area contributed by atoms with Gasteiger partial charge < -0.3 is 10.0 Å². The molecular weight excluding hydrogens is 472 g/mol. The van der Waals surface area contributed by atoms with Gasteiger partial charge >= 0.3 is 0 Å². The average molecular weight is 509 g/mol. The molecule has 0 radical (unpaired) electrons. The van der Waals surface area contributed by atoms with Gasteiger partial charge in [-0.3, -0.25) is 19.4 Å². The summed E-state index contributed by atoms with van der Waals surface area (Å²) in [4.78, 5) is 33.3. The van der Waals surface area contributed by atoms with E-state index >= 15 is 0 Å². The number of imide groups is 1. The second kappa shape index (κ2) is 9.07. The predicted octanol–water partition coefficient (Wildman–Crippen LogP) is 3.23. The van der Waals surface area contributed by atoms with Gasteiger partial charge in [-0.15, -0.1) is 0 Å². The van der Waals surface area contributed by atoms with Gasteiger partial charge in [-0.1, -0.05) is 25.0 Å². The highest BCUT2D eigenvalue weighted by Gasteiger charge is 2.63. The Morgan fingerprint density at radius 1 is 0.917 bits per heavy atom. The molecule has 2 amide bonds. The van der Waals surface area contributed by atoms with Crippen LogP contribution in [-0.2, 0) is 9.59 Å². The van der Waals surface area contributed by atoms with Crippen LogP contribution >= 0.6 is 11.5 Å². The van der Waals surface area contributed by atoms with E-state index in [0.29, 0.717) is 24.8 Å². The number of fused-ring (bicyclic) bond motifs is 6. The molecule has 2 bridgehead atoms. The van der Waals surface area contributed by atoms with Crippen LogP contribution < -0.4 is 4.90 Å². The summed E-state index contributed by atoms with van der Waals surface area (Å²) in [6, 6.07) is 8.49. The number of anilines is 1. The number of nitrogens with zero attached hydrogens (tertiary/aromatic N) is 4. The normalized spacial score (nSPS) is 36.9. The molecule has 2 aliphatic heterocycles. The van der Waals surface area contributed by atoms with Crippen molar-refractivity contribution in [3.05, 3.63) is 24.3 Å². The molecule has 0 unspecified atom stereocenters. The molecule has 7 nitrogen and oxygen atoms in total. The highest BCUT2D eigenvalue weighted by Crippen LogP contribution is 2.56. The molecule has 1 aromatic heterocycles. The molecule has 5 aliphatic rings. The summed E-state index contributed by atoms with van der Waals surface area (Å²) in [5.74, 6) is 1.97. The summed E-state index contributed by atoms with van der Waals surface area (Å²) in [7, 11) is 0. The van der Waals surface area contributed by atoms with E-state index in [0.717, 1.165) is 51.4 Å². The third kappa shape index (κ3) is 3.71. The molecule has 1 N–H and O–H groups in total. The van der Waals surface area contributed by atoms with Gasteiger partial charge in [0.25, 0.3) is 0 Å². The zero-order valence-corrected chi connectivity index (χ0v) is 21.6. The van der Waals surface area contributed by atoms with Crippen molar-refractivity contribution in [3.8, 4) is 0 Å². The molecule has 3 saturated carbocycles. The largest absolute Gasteiger partial charge is 0.393 e. The standard InChI is InChI=1S/C28H36N4O3S/c33-22-14-19-13-21(22)25-24(19)27(34)32(28(25)35)16-18-6-2-1-5-17(18)15-30-9-11-31(12-10-30)26-20-7-3-4-8-23(20)36-29-26/h3-4,7-8,17-19,21-22,24-25,33H,1-2,5-6,9-16H2/t17-,18-,19-,21+,22-,24-,25+/m0/s1. The Morgan fingerprint density at radius 3 is 2.44 bits per heavy atom. The summed E-state index contributed by atoms with van der Waals surface area (Å²) in [6.45, 7) is 5.69. The minimum Gasteiger partial charge on any atom is -0.393 e. The lowest BCUT2D eigenvalue weighted by atomic mass is 9.78. The fraction of sp³-hybridized carbons (Fsp3) is 0.679. The number of aromatic nitrogens is 1. The highest BCUT2D eigenvalue weighted by molar-refractivity contribution is 7.13. The van der Waals surface area contributed by atoms with Crippen LogP contribution in [0.3, 0.4) is 0 Å². The summed E-state index contributed by atoms with van der Waals surface area (Å²) in [5.41, 5.74) is 0. The lowest BCUT2D eigenvalue weighted by molar-refractivity contribution is -0.142. The van der Waals surface area contributed by atoms with Crippen molar-refractivity contribution < 1.29 is 14.7 Å². The summed E-state index contributed by atoms with van der Waals surface area (Å²) in [6.07, 6.45) is 5.90. The van der Waals surface area contributed by atoms with Crippen molar-refractivity contribution in [1.29, 1.82) is 0 Å². The SMILES string of the molecule is O=C1[C@@H]2[C@@H]3C[C@@H](C[C@@H]3O)[C@@H]2C(=O)N1C[C@@H]1CCCC[C@H]1CN1CCN(c2nsc3ccccc23)CC1. The molecule has 2 saturated heterocycles. The second-order valence-electron chi connectivity index (χ2n) is 11.9. The van der Waals surface area contributed by atoms with Crippen molar-refractivity contribution >= 4 is 39.3 Å². The maximum absolute atomic E-state index is 13.3. The van der Waals surface area contributed by atoms with Crippen LogP contribution in [0, 0.1) is 35.5 Å². The molecule has 3 heterocycles. The number of aliphatic hydroxyl groups is 1. The first-order valence-corrected chi connectivity index (χ1v) is 14.7. The molecule has 5 fully saturated rings. The molecule has 8 heteroatoms. The first-order chi connectivity index (χ1) is 17.6. The molecule has 7 atom stereocenters. The van der Waals surface area contributed by atoms with Crippen molar-refractivity contribution in [1.82, 2.24) is 14.2 Å². The van der Waals surface area contributed by atoms with Gasteiger partial charge in [0, 0.05) is 44.7 Å². The number of hydrogen-bond acceptors (Lipinski definition) is 7. The maximum Gasteiger partial charge on any atom is 0.233 e. The lowest BCUT2D eigenvalue weighted by Crippen LogP contribution is -2.49. The second-order valence-corrected chi connectivity index (χ2v) is 12.7. The number of carbonyl (C=O) groups is 2. The first-order valence-electron chi connectivity index (χ1n) is 13.9. The topological polar surface area (TPSA) is 77.0 Å². The van der Waals surface area contributed by atoms with Gasteiger partial charge in [0.1, 0.15) is 5.82 Å². The number of rotatable bonds is 5. The van der Waals surface area contributed by atoms with Gasteiger partial charge in [-0.25, -0.2) is 0 Å². The van der Waals surface area contributed by atoms with Gasteiger partial charge in [-0.2, -0.15) is 4.37 Å². The third-order valence-electron chi connectivity index (χ3n) is 10.1. The van der Waals surface area contributed by atoms with Crippen molar-refractivity contribution in [3.63, 3.8) is 0 Å². The number of amides is 2. The van der Waals surface area contributed by atoms with Gasteiger partial charge in [0.05, 0.1) is 22.6 Å². The van der Waals surface area contributed by atoms with E-state index in [1.54, 1.807) is 16.4 Å². The molecular formula is C28H36N4O3S. The van der Waals surface area contributed by atoms with E-state index in [-0.39, 0.29) is 35.5 Å². The average Bonchev–Trinajstić information content (AvgIpc) is 3.64. The minimum absolute atomic E-state index is 0.00901. The molecule has 36 heavy (non-hydrogen) atoms. The molecule has 7 rings (SSSR count). The van der Waals surface area contributed by atoms with Crippen LogP contribution in [-0.4, -0.2) is 76.5 Å². The van der Waals surface area contributed by atoms with E-state index in [2.05, 4.69) is 34.1 Å². The Kier molecular flexibility index (Phi) is 5.82. The zero-order valence-electron chi connectivity index (χ0n) is 20.8. The Morgan fingerprint density at radius 2 is 1.64 bits per heavy atom. The highest BCUT2D eigenvalue weighted by atomic mass is 32.1. The lowest BCUT2D eigenvalue weighted by Gasteiger charge is -2.40. The van der Waals surface area contributed by atoms with Crippen molar-refractivity contribution in [2.24, 2.45) is 35.5 Å². The molecule has 3 aliphatic carbocycles. The number of benzene rings is 1. The van der Waals surface area contributed by atoms with Gasteiger partial charge in [0.2, 0.25) is 11.8 Å². The smallest absolute Gasteiger partial charge is 0.233 e. The van der Waals surface area contributed by atoms with Crippen molar-refractivity contribution in [2.45, 2.75) is 44.6 Å². The van der Waals surface area contributed by atoms with E-state index in [9.17, 15) is 14.7 Å². The molecule has 1 aromatic carbocycles. The monoisotopic (exact) mass is 508 g/mol. The molecule has 192 valence electrons. The van der Waals surface area contributed by atoms with Gasteiger partial charge in [0.15, 0.2) is 0 Å². The Bertz CT molecular complexity index is 1160. The quantitative estimate of drug-likeness (QED) is 0.625. The maximum atomic E-state index is 13.3. The fourth-order valence-corrected chi connectivity index (χ4v) is 9.04. The van der Waals surface area contributed by atoms with Crippen LogP contribution in [0.1, 0.15) is 38.5 Å². The van der Waals surface area contributed by atoms with E-state index in [4.69, 9.17) is 4.37 Å². The fourth-order valence-electron chi connectivity index (χ4n) is 8.24. The predicted molar refractivity (Wildman–Crippen MR) is 140 cm³/mol. The zero-order chi connectivity index (χ0) is 24.4. The molecule has 2 aromatic rings. The summed E-state index contributed by atoms with van der Waals surface area (Å²) in [5, 5.41) is 11.6. The van der Waals surface area contributed by atoms with Crippen LogP contribution in [0.2, 0.25) is 0 Å². The van der Waals surface area contributed by atoms with Gasteiger partial charge in [-0.05, 0) is 73.0 Å². The number of carbonyl (C=O) groups excluding carboxylic acids is 2. The Labute approximate surface area is 216 Å². The third-order valence-corrected chi connectivity index (χ3v) is 10.9. The number of hydrogen-bond donors (Lipinski definition) is 1. The van der Waals surface area contributed by atoms with Crippen LogP contribution in [0.5, 0.6) is 0 Å². The molecule has 0 spiro atoms. The van der Waals surface area contributed by atoms with E-state index in [1.165, 1.54) is 29.3 Å². The van der Waals surface area contributed by atoms with Crippen molar-refractivity contribution in [2.75, 3.05) is 44.2 Å². The number of likely N-dealkylation sites (tertiary alicyclic amines) is 1. The Balaban J connectivity index is 0.988. The van der Waals surface area contributed by atoms with Crippen LogP contribution in [0.4, 0.5) is 5.82 Å². The first kappa shape index (κ1) is 23.1. The van der Waals surface area contributed by atoms with E-state index < -0.39 is 6.10 Å². The number of piperazine rings is 1.